The molecule has 6 aromatic rings. The molecule has 4 unspecified atom stereocenters. The number of nitrogens with zero attached hydrogens (tertiary/aromatic N) is 4. The largest absolute Gasteiger partial charge is 0.453 e. The van der Waals surface area contributed by atoms with Crippen molar-refractivity contribution in [3.8, 4) is 11.1 Å². The third-order valence-corrected chi connectivity index (χ3v) is 14.4. The number of aromatic nitrogens is 4. The molecular weight excluding hydrogens is 785 g/mol. The van der Waals surface area contributed by atoms with Crippen molar-refractivity contribution in [1.29, 1.82) is 0 Å². The number of imidazole rings is 2. The summed E-state index contributed by atoms with van der Waals surface area (Å²) < 4.78 is 9.71. The highest BCUT2D eigenvalue weighted by Crippen LogP contribution is 2.58. The Balaban J connectivity index is 0.929. The third-order valence-electron chi connectivity index (χ3n) is 14.4. The van der Waals surface area contributed by atoms with Crippen molar-refractivity contribution < 1.29 is 28.7 Å². The number of rotatable bonds is 9. The topological polar surface area (TPSA) is 175 Å². The summed E-state index contributed by atoms with van der Waals surface area (Å²) in [5.74, 6) is 2.24. The number of methoxy groups -OCH3 is 2. The van der Waals surface area contributed by atoms with E-state index in [2.05, 4.69) is 88.2 Å². The SMILES string of the molecule is COC(=O)NC(C(=O)N1C2CC[C@@H](C2)[C@H]1c1nc2c(ccc3cc(-c4ccc5c(ccc6[nH]c([C@@H]7CC8C([C@@H]8C)N7C(=O)[C@@H](NC(=O)OC)C(C)C)nc65)c4)ccc32)[nH]1)C(C)C. The third kappa shape index (κ3) is 6.43. The number of benzene rings is 4. The molecule has 2 bridgehead atoms. The van der Waals surface area contributed by atoms with Crippen LogP contribution in [0.2, 0.25) is 0 Å². The lowest BCUT2D eigenvalue weighted by atomic mass is 9.95. The molecule has 0 spiro atoms. The van der Waals surface area contributed by atoms with Crippen molar-refractivity contribution in [3.05, 3.63) is 72.3 Å². The number of hydrogen-bond acceptors (Lipinski definition) is 8. The standard InChI is InChI=1S/C48H54N8O6/c1-22(2)37(53-47(59)61-6)45(57)55-30-13-8-29(20-30)42(55)44-50-35-17-12-28-19-26(10-15-32(28)40(35)52-44)25-9-14-31-27(18-25)11-16-34-39(31)51-43(49-34)36-21-33-24(5)41(33)56(36)46(58)38(23(3)4)54-48(60)62-7/h9-12,14-19,22-24,29-30,33,36-38,41-42H,8,13,20-21H2,1-7H3,(H,49,51)(H,50,52)(H,53,59)(H,54,60)/t24-,29+,30?,33?,36+,37?,38+,41?,42+/m1/s1. The fourth-order valence-electron chi connectivity index (χ4n) is 11.1. The Labute approximate surface area is 359 Å². The molecule has 10 rings (SSSR count). The van der Waals surface area contributed by atoms with Gasteiger partial charge in [-0.15, -0.1) is 0 Å². The van der Waals surface area contributed by atoms with Crippen LogP contribution in [0.3, 0.4) is 0 Å². The fourth-order valence-corrected chi connectivity index (χ4v) is 11.1. The Morgan fingerprint density at radius 2 is 1.23 bits per heavy atom. The summed E-state index contributed by atoms with van der Waals surface area (Å²) in [5, 5.41) is 9.73. The Hall–Kier alpha value is -6.18. The second kappa shape index (κ2) is 15.0. The van der Waals surface area contributed by atoms with Gasteiger partial charge in [-0.25, -0.2) is 19.6 Å². The minimum Gasteiger partial charge on any atom is -0.453 e. The van der Waals surface area contributed by atoms with E-state index < -0.39 is 24.3 Å². The number of H-pyrrole nitrogens is 2. The Bertz CT molecular complexity index is 2790. The number of ether oxygens (including phenoxy) is 2. The van der Waals surface area contributed by atoms with Gasteiger partial charge >= 0.3 is 12.2 Å². The van der Waals surface area contributed by atoms with E-state index in [1.165, 1.54) is 14.2 Å². The summed E-state index contributed by atoms with van der Waals surface area (Å²) in [5.41, 5.74) is 5.73. The molecule has 14 heteroatoms. The van der Waals surface area contributed by atoms with Crippen LogP contribution in [0.1, 0.15) is 84.0 Å². The zero-order chi connectivity index (χ0) is 43.3. The summed E-state index contributed by atoms with van der Waals surface area (Å²) in [6.45, 7) is 9.92. The lowest BCUT2D eigenvalue weighted by Gasteiger charge is -2.37. The van der Waals surface area contributed by atoms with Crippen molar-refractivity contribution >= 4 is 67.6 Å². The summed E-state index contributed by atoms with van der Waals surface area (Å²) in [7, 11) is 2.62. The highest BCUT2D eigenvalue weighted by molar-refractivity contribution is 6.07. The highest BCUT2D eigenvalue weighted by Gasteiger charge is 2.61. The number of piperidine rings is 2. The number of alkyl carbamates (subject to hydrolysis) is 2. The van der Waals surface area contributed by atoms with Crippen LogP contribution in [0.25, 0.3) is 54.7 Å². The smallest absolute Gasteiger partial charge is 0.407 e. The summed E-state index contributed by atoms with van der Waals surface area (Å²) in [6, 6.07) is 19.7. The molecule has 4 aromatic carbocycles. The molecule has 14 nitrogen and oxygen atoms in total. The second-order valence-corrected chi connectivity index (χ2v) is 18.7. The minimum atomic E-state index is -0.699. The molecule has 4 fully saturated rings. The van der Waals surface area contributed by atoms with Crippen LogP contribution in [0.4, 0.5) is 9.59 Å². The number of carbonyl (C=O) groups is 4. The van der Waals surface area contributed by atoms with E-state index in [1.807, 2.05) is 37.5 Å². The van der Waals surface area contributed by atoms with Gasteiger partial charge in [0.25, 0.3) is 0 Å². The van der Waals surface area contributed by atoms with E-state index in [0.717, 1.165) is 92.1 Å². The van der Waals surface area contributed by atoms with Crippen molar-refractivity contribution in [2.45, 2.75) is 96.6 Å². The summed E-state index contributed by atoms with van der Waals surface area (Å²) >= 11 is 0. The van der Waals surface area contributed by atoms with Crippen LogP contribution in [-0.2, 0) is 19.1 Å². The number of carbonyl (C=O) groups excluding carboxylic acids is 4. The summed E-state index contributed by atoms with van der Waals surface area (Å²) in [6.07, 6.45) is 2.51. The first-order valence-electron chi connectivity index (χ1n) is 22.0. The molecule has 4 N–H and O–H groups in total. The number of nitrogens with one attached hydrogen (secondary N) is 4. The van der Waals surface area contributed by atoms with Gasteiger partial charge in [0, 0.05) is 22.9 Å². The van der Waals surface area contributed by atoms with E-state index in [1.54, 1.807) is 0 Å². The van der Waals surface area contributed by atoms with Gasteiger partial charge in [-0.05, 0) is 101 Å². The molecule has 2 aromatic heterocycles. The van der Waals surface area contributed by atoms with Crippen molar-refractivity contribution in [1.82, 2.24) is 40.4 Å². The monoisotopic (exact) mass is 838 g/mol. The van der Waals surface area contributed by atoms with Crippen molar-refractivity contribution in [2.24, 2.45) is 29.6 Å². The Morgan fingerprint density at radius 1 is 0.694 bits per heavy atom. The average Bonchev–Trinajstić information content (AvgIpc) is 3.98. The predicted octanol–water partition coefficient (Wildman–Crippen LogP) is 8.13. The maximum Gasteiger partial charge on any atom is 0.407 e. The molecular formula is C48H54N8O6. The molecule has 2 aliphatic carbocycles. The summed E-state index contributed by atoms with van der Waals surface area (Å²) in [4.78, 5) is 74.1. The van der Waals surface area contributed by atoms with Crippen LogP contribution >= 0.6 is 0 Å². The van der Waals surface area contributed by atoms with Crippen LogP contribution in [0.5, 0.6) is 0 Å². The molecule has 0 radical (unpaired) electrons. The lowest BCUT2D eigenvalue weighted by molar-refractivity contribution is -0.139. The maximum absolute atomic E-state index is 14.1. The predicted molar refractivity (Wildman–Crippen MR) is 236 cm³/mol. The molecule has 2 saturated carbocycles. The van der Waals surface area contributed by atoms with Gasteiger partial charge < -0.3 is 39.9 Å². The van der Waals surface area contributed by atoms with E-state index in [0.29, 0.717) is 17.8 Å². The zero-order valence-corrected chi connectivity index (χ0v) is 36.2. The normalized spacial score (nSPS) is 25.0. The molecule has 4 heterocycles. The molecule has 4 aliphatic rings. The Morgan fingerprint density at radius 3 is 1.77 bits per heavy atom. The van der Waals surface area contributed by atoms with Crippen LogP contribution in [-0.4, -0.2) is 92.1 Å². The number of fused-ring (bicyclic) bond motifs is 9. The van der Waals surface area contributed by atoms with Gasteiger partial charge in [-0.2, -0.15) is 0 Å². The first kappa shape index (κ1) is 39.9. The quantitative estimate of drug-likeness (QED) is 0.113. The van der Waals surface area contributed by atoms with Crippen molar-refractivity contribution in [2.75, 3.05) is 14.2 Å². The van der Waals surface area contributed by atoms with E-state index in [-0.39, 0.29) is 47.8 Å². The van der Waals surface area contributed by atoms with E-state index in [9.17, 15) is 19.2 Å². The van der Waals surface area contributed by atoms with Gasteiger partial charge in [0.15, 0.2) is 0 Å². The second-order valence-electron chi connectivity index (χ2n) is 18.7. The molecule has 62 heavy (non-hydrogen) atoms. The molecule has 2 aliphatic heterocycles. The lowest BCUT2D eigenvalue weighted by Crippen LogP contribution is -2.54. The first-order valence-corrected chi connectivity index (χ1v) is 22.0. The Kier molecular flexibility index (Phi) is 9.67. The number of likely N-dealkylation sites (tertiary alicyclic amines) is 2. The van der Waals surface area contributed by atoms with Gasteiger partial charge in [0.2, 0.25) is 11.8 Å². The highest BCUT2D eigenvalue weighted by atomic mass is 16.5. The van der Waals surface area contributed by atoms with Gasteiger partial charge in [0.05, 0.1) is 48.4 Å². The van der Waals surface area contributed by atoms with Crippen LogP contribution < -0.4 is 10.6 Å². The number of amides is 4. The number of hydrogen-bond donors (Lipinski definition) is 4. The molecule has 4 amide bonds. The minimum absolute atomic E-state index is 0.0917. The molecule has 2 saturated heterocycles. The first-order chi connectivity index (χ1) is 29.8. The van der Waals surface area contributed by atoms with Gasteiger partial charge in [0.1, 0.15) is 23.7 Å². The van der Waals surface area contributed by atoms with Crippen LogP contribution in [0, 0.1) is 29.6 Å². The van der Waals surface area contributed by atoms with E-state index >= 15 is 0 Å². The van der Waals surface area contributed by atoms with E-state index in [4.69, 9.17) is 19.4 Å². The van der Waals surface area contributed by atoms with Gasteiger partial charge in [-0.3, -0.25) is 9.59 Å². The van der Waals surface area contributed by atoms with Crippen molar-refractivity contribution in [3.63, 3.8) is 0 Å². The average molecular weight is 839 g/mol. The van der Waals surface area contributed by atoms with Crippen LogP contribution in [0.15, 0.2) is 60.7 Å². The fraction of sp³-hybridized carbons (Fsp3) is 0.458. The molecule has 322 valence electrons. The molecule has 9 atom stereocenters. The van der Waals surface area contributed by atoms with Gasteiger partial charge in [-0.1, -0.05) is 71.0 Å². The maximum atomic E-state index is 14.1. The zero-order valence-electron chi connectivity index (χ0n) is 36.2. The number of aromatic amines is 2.